The summed E-state index contributed by atoms with van der Waals surface area (Å²) in [6, 6.07) is 3.17. The number of carbonyl (C=O) groups excluding carboxylic acids is 2. The molecule has 0 saturated carbocycles. The number of aromatic nitrogens is 1. The molecule has 1 aromatic rings. The molecule has 2 rings (SSSR count). The molecule has 13 heavy (non-hydrogen) atoms. The van der Waals surface area contributed by atoms with E-state index in [1.54, 1.807) is 12.1 Å². The standard InChI is InChI=1S/C9H4ClNO2/c10-6-4-7(12)5-2-1-3-11-8(5)9(6)13/h1-4H. The van der Waals surface area contributed by atoms with Crippen LogP contribution in [0.2, 0.25) is 0 Å². The number of carbonyl (C=O) groups is 2. The number of ketones is 2. The van der Waals surface area contributed by atoms with E-state index >= 15 is 0 Å². The summed E-state index contributed by atoms with van der Waals surface area (Å²) in [5.74, 6) is -0.662. The normalized spacial score (nSPS) is 15.3. The van der Waals surface area contributed by atoms with Gasteiger partial charge in [0.15, 0.2) is 5.78 Å². The molecule has 1 aromatic heterocycles. The van der Waals surface area contributed by atoms with E-state index in [9.17, 15) is 9.59 Å². The van der Waals surface area contributed by atoms with Crippen LogP contribution >= 0.6 is 11.6 Å². The van der Waals surface area contributed by atoms with Gasteiger partial charge in [0, 0.05) is 12.3 Å². The van der Waals surface area contributed by atoms with Gasteiger partial charge in [0.25, 0.3) is 0 Å². The summed E-state index contributed by atoms with van der Waals surface area (Å²) in [5.41, 5.74) is 0.455. The van der Waals surface area contributed by atoms with Gasteiger partial charge in [-0.25, -0.2) is 0 Å². The van der Waals surface area contributed by atoms with Gasteiger partial charge in [-0.1, -0.05) is 11.6 Å². The number of nitrogens with zero attached hydrogens (tertiary/aromatic N) is 1. The van der Waals surface area contributed by atoms with Crippen LogP contribution in [0.25, 0.3) is 0 Å². The van der Waals surface area contributed by atoms with Gasteiger partial charge >= 0.3 is 0 Å². The molecule has 4 heteroatoms. The molecule has 0 fully saturated rings. The fourth-order valence-corrected chi connectivity index (χ4v) is 1.35. The average molecular weight is 194 g/mol. The third-order valence-electron chi connectivity index (χ3n) is 1.76. The van der Waals surface area contributed by atoms with Crippen LogP contribution in [0.5, 0.6) is 0 Å². The number of hydrogen-bond acceptors (Lipinski definition) is 3. The van der Waals surface area contributed by atoms with Crippen LogP contribution in [-0.2, 0) is 0 Å². The molecular formula is C9H4ClNO2. The molecule has 0 bridgehead atoms. The zero-order chi connectivity index (χ0) is 9.42. The first-order valence-corrected chi connectivity index (χ1v) is 3.99. The van der Waals surface area contributed by atoms with Gasteiger partial charge in [-0.15, -0.1) is 0 Å². The molecule has 64 valence electrons. The molecule has 1 aliphatic rings. The smallest absolute Gasteiger partial charge is 0.223 e. The van der Waals surface area contributed by atoms with Gasteiger partial charge in [0.1, 0.15) is 5.69 Å². The van der Waals surface area contributed by atoms with E-state index in [1.165, 1.54) is 6.20 Å². The van der Waals surface area contributed by atoms with Crippen molar-refractivity contribution in [1.29, 1.82) is 0 Å². The topological polar surface area (TPSA) is 47.0 Å². The highest BCUT2D eigenvalue weighted by Gasteiger charge is 2.24. The van der Waals surface area contributed by atoms with E-state index in [4.69, 9.17) is 11.6 Å². The van der Waals surface area contributed by atoms with Gasteiger partial charge in [-0.3, -0.25) is 14.6 Å². The van der Waals surface area contributed by atoms with E-state index in [0.717, 1.165) is 6.08 Å². The van der Waals surface area contributed by atoms with Crippen molar-refractivity contribution in [1.82, 2.24) is 4.98 Å². The minimum atomic E-state index is -0.392. The van der Waals surface area contributed by atoms with Crippen molar-refractivity contribution >= 4 is 23.2 Å². The molecule has 3 nitrogen and oxygen atoms in total. The molecule has 0 spiro atoms. The lowest BCUT2D eigenvalue weighted by molar-refractivity contribution is 0.0986. The molecule has 0 atom stereocenters. The van der Waals surface area contributed by atoms with Gasteiger partial charge < -0.3 is 0 Å². The summed E-state index contributed by atoms with van der Waals surface area (Å²) in [5, 5.41) is -0.0730. The summed E-state index contributed by atoms with van der Waals surface area (Å²) in [6.07, 6.45) is 2.58. The Bertz CT molecular complexity index is 437. The maximum atomic E-state index is 11.3. The second kappa shape index (κ2) is 2.78. The molecule has 0 aliphatic heterocycles. The minimum Gasteiger partial charge on any atom is -0.289 e. The number of pyridine rings is 1. The zero-order valence-electron chi connectivity index (χ0n) is 6.45. The lowest BCUT2D eigenvalue weighted by Crippen LogP contribution is -2.15. The SMILES string of the molecule is O=C1C=C(Cl)C(=O)c2ncccc21. The summed E-state index contributed by atoms with van der Waals surface area (Å²) in [7, 11) is 0. The number of fused-ring (bicyclic) bond motifs is 1. The lowest BCUT2D eigenvalue weighted by atomic mass is 10.0. The van der Waals surface area contributed by atoms with Gasteiger partial charge in [0.2, 0.25) is 5.78 Å². The second-order valence-corrected chi connectivity index (χ2v) is 2.99. The van der Waals surface area contributed by atoms with Gasteiger partial charge in [0.05, 0.1) is 10.6 Å². The van der Waals surface area contributed by atoms with E-state index in [-0.39, 0.29) is 16.5 Å². The number of allylic oxidation sites excluding steroid dienone is 2. The highest BCUT2D eigenvalue weighted by Crippen LogP contribution is 2.20. The number of halogens is 1. The maximum Gasteiger partial charge on any atom is 0.223 e. The Morgan fingerprint density at radius 1 is 1.31 bits per heavy atom. The summed E-state index contributed by atoms with van der Waals surface area (Å²) >= 11 is 5.54. The van der Waals surface area contributed by atoms with Crippen molar-refractivity contribution in [3.63, 3.8) is 0 Å². The molecular weight excluding hydrogens is 190 g/mol. The monoisotopic (exact) mass is 193 g/mol. The number of hydrogen-bond donors (Lipinski definition) is 0. The third kappa shape index (κ3) is 1.17. The van der Waals surface area contributed by atoms with E-state index in [0.29, 0.717) is 5.56 Å². The van der Waals surface area contributed by atoms with Crippen LogP contribution < -0.4 is 0 Å². The van der Waals surface area contributed by atoms with Crippen LogP contribution in [0.15, 0.2) is 29.4 Å². The Balaban J connectivity index is 2.69. The molecule has 0 aromatic carbocycles. The Hall–Kier alpha value is -1.48. The first-order valence-electron chi connectivity index (χ1n) is 3.61. The van der Waals surface area contributed by atoms with Crippen LogP contribution in [0.4, 0.5) is 0 Å². The number of Topliss-reactive ketones (excluding diaryl/α,β-unsaturated/α-hetero) is 1. The van der Waals surface area contributed by atoms with Crippen molar-refractivity contribution in [3.8, 4) is 0 Å². The fraction of sp³-hybridized carbons (Fsp3) is 0. The fourth-order valence-electron chi connectivity index (χ4n) is 1.16. The molecule has 1 heterocycles. The Morgan fingerprint density at radius 2 is 2.08 bits per heavy atom. The van der Waals surface area contributed by atoms with Gasteiger partial charge in [-0.2, -0.15) is 0 Å². The first-order chi connectivity index (χ1) is 6.20. The van der Waals surface area contributed by atoms with E-state index < -0.39 is 5.78 Å². The predicted octanol–water partition coefficient (Wildman–Crippen LogP) is 1.58. The van der Waals surface area contributed by atoms with E-state index in [2.05, 4.69) is 4.98 Å². The quantitative estimate of drug-likeness (QED) is 0.629. The van der Waals surface area contributed by atoms with Crippen molar-refractivity contribution in [2.45, 2.75) is 0 Å². The van der Waals surface area contributed by atoms with Gasteiger partial charge in [-0.05, 0) is 12.1 Å². The molecule has 1 aliphatic carbocycles. The van der Waals surface area contributed by atoms with Crippen molar-refractivity contribution in [2.24, 2.45) is 0 Å². The Kier molecular flexibility index (Phi) is 1.74. The lowest BCUT2D eigenvalue weighted by Gasteiger charge is -2.08. The minimum absolute atomic E-state index is 0.0730. The summed E-state index contributed by atoms with van der Waals surface area (Å²) in [4.78, 5) is 26.4. The molecule has 0 radical (unpaired) electrons. The predicted molar refractivity (Wildman–Crippen MR) is 46.8 cm³/mol. The summed E-state index contributed by atoms with van der Waals surface area (Å²) < 4.78 is 0. The maximum absolute atomic E-state index is 11.3. The molecule has 0 amide bonds. The zero-order valence-corrected chi connectivity index (χ0v) is 7.21. The Labute approximate surface area is 79.0 Å². The Morgan fingerprint density at radius 3 is 2.85 bits per heavy atom. The van der Waals surface area contributed by atoms with Crippen LogP contribution in [0.3, 0.4) is 0 Å². The molecule has 0 N–H and O–H groups in total. The second-order valence-electron chi connectivity index (χ2n) is 2.59. The average Bonchev–Trinajstić information content (AvgIpc) is 2.15. The highest BCUT2D eigenvalue weighted by molar-refractivity contribution is 6.48. The van der Waals surface area contributed by atoms with E-state index in [1.807, 2.05) is 0 Å². The summed E-state index contributed by atoms with van der Waals surface area (Å²) in [6.45, 7) is 0. The first kappa shape index (κ1) is 8.13. The number of rotatable bonds is 0. The van der Waals surface area contributed by atoms with Crippen LogP contribution in [0.1, 0.15) is 20.8 Å². The molecule has 0 unspecified atom stereocenters. The van der Waals surface area contributed by atoms with Crippen molar-refractivity contribution in [3.05, 3.63) is 40.7 Å². The largest absolute Gasteiger partial charge is 0.289 e. The third-order valence-corrected chi connectivity index (χ3v) is 2.04. The van der Waals surface area contributed by atoms with Crippen LogP contribution in [-0.4, -0.2) is 16.6 Å². The van der Waals surface area contributed by atoms with Crippen molar-refractivity contribution in [2.75, 3.05) is 0 Å². The molecule has 0 saturated heterocycles. The highest BCUT2D eigenvalue weighted by atomic mass is 35.5. The van der Waals surface area contributed by atoms with Crippen molar-refractivity contribution < 1.29 is 9.59 Å². The van der Waals surface area contributed by atoms with Crippen LogP contribution in [0, 0.1) is 0 Å².